The third-order valence-electron chi connectivity index (χ3n) is 5.01. The van der Waals surface area contributed by atoms with Gasteiger partial charge in [-0.2, -0.15) is 13.2 Å². The van der Waals surface area contributed by atoms with Crippen LogP contribution in [0.2, 0.25) is 0 Å². The van der Waals surface area contributed by atoms with E-state index in [4.69, 9.17) is 0 Å². The van der Waals surface area contributed by atoms with Crippen molar-refractivity contribution < 1.29 is 26.7 Å². The van der Waals surface area contributed by atoms with Gasteiger partial charge in [-0.1, -0.05) is 0 Å². The highest BCUT2D eigenvalue weighted by Crippen LogP contribution is 2.33. The molecule has 7 nitrogen and oxygen atoms in total. The van der Waals surface area contributed by atoms with E-state index in [1.807, 2.05) is 0 Å². The molecule has 0 atom stereocenters. The lowest BCUT2D eigenvalue weighted by atomic mass is 9.89. The molecule has 2 aromatic heterocycles. The summed E-state index contributed by atoms with van der Waals surface area (Å²) in [4.78, 5) is 25.2. The zero-order valence-corrected chi connectivity index (χ0v) is 17.0. The van der Waals surface area contributed by atoms with E-state index >= 15 is 0 Å². The van der Waals surface area contributed by atoms with Crippen molar-refractivity contribution in [1.29, 1.82) is 0 Å². The highest BCUT2D eigenvalue weighted by atomic mass is 19.4. The number of aromatic nitrogens is 5. The Labute approximate surface area is 184 Å². The maximum absolute atomic E-state index is 14.7. The van der Waals surface area contributed by atoms with Crippen LogP contribution in [-0.4, -0.2) is 54.3 Å². The van der Waals surface area contributed by atoms with Gasteiger partial charge in [-0.15, -0.1) is 5.10 Å². The van der Waals surface area contributed by atoms with Gasteiger partial charge in [0, 0.05) is 36.7 Å². The molecule has 1 aliphatic heterocycles. The monoisotopic (exact) mass is 464 g/mol. The first-order valence-electron chi connectivity index (χ1n) is 9.74. The van der Waals surface area contributed by atoms with Crippen LogP contribution in [0.1, 0.15) is 16.7 Å². The fourth-order valence-electron chi connectivity index (χ4n) is 3.48. The van der Waals surface area contributed by atoms with E-state index < -0.39 is 30.0 Å². The molecule has 0 unspecified atom stereocenters. The van der Waals surface area contributed by atoms with Crippen molar-refractivity contribution in [2.24, 2.45) is 0 Å². The van der Waals surface area contributed by atoms with Gasteiger partial charge in [0.1, 0.15) is 25.0 Å². The van der Waals surface area contributed by atoms with Crippen LogP contribution in [0.25, 0.3) is 17.6 Å². The summed E-state index contributed by atoms with van der Waals surface area (Å²) in [5.41, 5.74) is -2.11. The molecule has 0 aliphatic carbocycles. The van der Waals surface area contributed by atoms with E-state index in [1.165, 1.54) is 42.2 Å². The van der Waals surface area contributed by atoms with Crippen LogP contribution >= 0.6 is 0 Å². The number of carbonyl (C=O) groups is 1. The topological polar surface area (TPSA) is 76.8 Å². The molecule has 0 saturated carbocycles. The molecule has 0 spiro atoms. The summed E-state index contributed by atoms with van der Waals surface area (Å²) in [5, 5.41) is 4.01. The Morgan fingerprint density at radius 3 is 2.52 bits per heavy atom. The normalized spacial score (nSPS) is 15.6. The zero-order chi connectivity index (χ0) is 23.6. The highest BCUT2D eigenvalue weighted by Gasteiger charge is 2.45. The molecule has 4 rings (SSSR count). The molecule has 1 aromatic carbocycles. The maximum atomic E-state index is 14.7. The summed E-state index contributed by atoms with van der Waals surface area (Å²) >= 11 is 0. The molecule has 0 bridgehead atoms. The average Bonchev–Trinajstić information content (AvgIpc) is 3.24. The standard InChI is InChI=1S/C21H17F5N6O/c22-7-14-3-16(5-17(4-14)21(24,25)26)19-29-13-32(30-19)2-1-18(33)31-10-20(23,11-31)6-15-8-27-12-28-9-15/h1-5,8-9,12-13H,6-7,10-11H2/b2-1-. The summed E-state index contributed by atoms with van der Waals surface area (Å²) in [6.45, 7) is -1.26. The van der Waals surface area contributed by atoms with Gasteiger partial charge in [-0.05, 0) is 29.3 Å². The van der Waals surface area contributed by atoms with Gasteiger partial charge in [0.2, 0.25) is 5.91 Å². The molecule has 33 heavy (non-hydrogen) atoms. The van der Waals surface area contributed by atoms with E-state index in [-0.39, 0.29) is 36.5 Å². The van der Waals surface area contributed by atoms with Crippen LogP contribution in [0.15, 0.2) is 49.3 Å². The third kappa shape index (κ3) is 5.21. The molecule has 1 aliphatic rings. The van der Waals surface area contributed by atoms with Crippen molar-refractivity contribution in [3.63, 3.8) is 0 Å². The second-order valence-corrected chi connectivity index (χ2v) is 7.68. The number of rotatable bonds is 6. The molecule has 172 valence electrons. The smallest absolute Gasteiger partial charge is 0.333 e. The van der Waals surface area contributed by atoms with E-state index in [0.717, 1.165) is 22.9 Å². The molecule has 0 radical (unpaired) electrons. The van der Waals surface area contributed by atoms with E-state index in [0.29, 0.717) is 5.56 Å². The van der Waals surface area contributed by atoms with Crippen molar-refractivity contribution in [2.75, 3.05) is 13.1 Å². The number of alkyl halides is 5. The van der Waals surface area contributed by atoms with E-state index in [2.05, 4.69) is 20.1 Å². The summed E-state index contributed by atoms with van der Waals surface area (Å²) in [5.74, 6) is -0.520. The Hall–Kier alpha value is -3.70. The first-order valence-corrected chi connectivity index (χ1v) is 9.74. The van der Waals surface area contributed by atoms with Gasteiger partial charge in [0.15, 0.2) is 5.82 Å². The minimum absolute atomic E-state index is 0.00852. The Morgan fingerprint density at radius 2 is 1.85 bits per heavy atom. The second-order valence-electron chi connectivity index (χ2n) is 7.68. The van der Waals surface area contributed by atoms with E-state index in [9.17, 15) is 26.7 Å². The van der Waals surface area contributed by atoms with Crippen molar-refractivity contribution in [2.45, 2.75) is 24.9 Å². The van der Waals surface area contributed by atoms with Gasteiger partial charge < -0.3 is 4.90 Å². The van der Waals surface area contributed by atoms with Crippen molar-refractivity contribution >= 4 is 12.1 Å². The quantitative estimate of drug-likeness (QED) is 0.412. The van der Waals surface area contributed by atoms with Crippen molar-refractivity contribution in [3.8, 4) is 11.4 Å². The predicted octanol–water partition coefficient (Wildman–Crippen LogP) is 3.49. The molecule has 1 saturated heterocycles. The lowest BCUT2D eigenvalue weighted by molar-refractivity contribution is -0.139. The lowest BCUT2D eigenvalue weighted by Gasteiger charge is -2.44. The minimum atomic E-state index is -4.65. The fourth-order valence-corrected chi connectivity index (χ4v) is 3.48. The summed E-state index contributed by atoms with van der Waals surface area (Å²) in [6.07, 6.45) is 3.42. The summed E-state index contributed by atoms with van der Waals surface area (Å²) in [6, 6.07) is 2.77. The van der Waals surface area contributed by atoms with E-state index in [1.54, 1.807) is 0 Å². The number of benzene rings is 1. The van der Waals surface area contributed by atoms with Crippen LogP contribution in [0, 0.1) is 0 Å². The van der Waals surface area contributed by atoms with Gasteiger partial charge in [0.25, 0.3) is 0 Å². The van der Waals surface area contributed by atoms with Crippen LogP contribution in [0.4, 0.5) is 22.0 Å². The fraction of sp³-hybridized carbons (Fsp3) is 0.286. The highest BCUT2D eigenvalue weighted by molar-refractivity contribution is 5.91. The lowest BCUT2D eigenvalue weighted by Crippen LogP contribution is -2.61. The molecule has 1 amide bonds. The Balaban J connectivity index is 1.40. The molecule has 0 N–H and O–H groups in total. The molecule has 3 heterocycles. The molecule has 1 fully saturated rings. The first kappa shape index (κ1) is 22.5. The van der Waals surface area contributed by atoms with Crippen molar-refractivity contribution in [1.82, 2.24) is 29.6 Å². The van der Waals surface area contributed by atoms with Gasteiger partial charge >= 0.3 is 6.18 Å². The predicted molar refractivity (Wildman–Crippen MR) is 107 cm³/mol. The molecular weight excluding hydrogens is 447 g/mol. The van der Waals surface area contributed by atoms with Crippen LogP contribution in [-0.2, 0) is 24.1 Å². The number of hydrogen-bond acceptors (Lipinski definition) is 5. The zero-order valence-electron chi connectivity index (χ0n) is 17.0. The average molecular weight is 464 g/mol. The summed E-state index contributed by atoms with van der Waals surface area (Å²) in [7, 11) is 0. The van der Waals surface area contributed by atoms with Gasteiger partial charge in [-0.25, -0.2) is 28.4 Å². The number of nitrogens with zero attached hydrogens (tertiary/aromatic N) is 6. The number of hydrogen-bond donors (Lipinski definition) is 0. The first-order chi connectivity index (χ1) is 15.6. The van der Waals surface area contributed by atoms with Crippen LogP contribution < -0.4 is 0 Å². The number of amides is 1. The van der Waals surface area contributed by atoms with Crippen molar-refractivity contribution in [3.05, 3.63) is 66.0 Å². The number of halogens is 5. The molecule has 3 aromatic rings. The third-order valence-corrected chi connectivity index (χ3v) is 5.01. The SMILES string of the molecule is O=C(/C=C\n1cnc(-c2cc(CF)cc(C(F)(F)F)c2)n1)N1CC(F)(Cc2cncnc2)C1. The van der Waals surface area contributed by atoms with Crippen LogP contribution in [0.3, 0.4) is 0 Å². The minimum Gasteiger partial charge on any atom is -0.333 e. The largest absolute Gasteiger partial charge is 0.416 e. The molecular formula is C21H17F5N6O. The van der Waals surface area contributed by atoms with Gasteiger partial charge in [0.05, 0.1) is 18.7 Å². The summed E-state index contributed by atoms with van der Waals surface area (Å²) < 4.78 is 68.0. The number of likely N-dealkylation sites (tertiary alicyclic amines) is 1. The maximum Gasteiger partial charge on any atom is 0.416 e. The van der Waals surface area contributed by atoms with Crippen LogP contribution in [0.5, 0.6) is 0 Å². The Morgan fingerprint density at radius 1 is 1.12 bits per heavy atom. The Kier molecular flexibility index (Phi) is 5.91. The number of carbonyl (C=O) groups excluding carboxylic acids is 1. The van der Waals surface area contributed by atoms with Gasteiger partial charge in [-0.3, -0.25) is 4.79 Å². The second kappa shape index (κ2) is 8.68. The molecule has 12 heteroatoms. The Bertz CT molecular complexity index is 1170.